The van der Waals surface area contributed by atoms with E-state index in [-0.39, 0.29) is 17.8 Å². The molecule has 2 heteroatoms. The van der Waals surface area contributed by atoms with Gasteiger partial charge in [0.25, 0.3) is 0 Å². The van der Waals surface area contributed by atoms with Crippen molar-refractivity contribution in [2.24, 2.45) is 0 Å². The van der Waals surface area contributed by atoms with Crippen LogP contribution in [0.3, 0.4) is 0 Å². The number of carbonyl (C=O) groups excluding carboxylic acids is 1. The van der Waals surface area contributed by atoms with E-state index in [2.05, 4.69) is 0 Å². The summed E-state index contributed by atoms with van der Waals surface area (Å²) in [5.41, 5.74) is 0.841. The molecule has 2 aliphatic carbocycles. The fourth-order valence-electron chi connectivity index (χ4n) is 1.83. The molecular weight excluding hydrogens is 180 g/mol. The van der Waals surface area contributed by atoms with Gasteiger partial charge in [0.15, 0.2) is 5.78 Å². The summed E-state index contributed by atoms with van der Waals surface area (Å²) in [5.74, 6) is -0.0358. The summed E-state index contributed by atoms with van der Waals surface area (Å²) >= 11 is 1.14. The van der Waals surface area contributed by atoms with Crippen LogP contribution in [0, 0.1) is 0 Å². The Hall–Kier alpha value is -0.630. The van der Waals surface area contributed by atoms with Crippen LogP contribution in [0.5, 0.6) is 0 Å². The molecule has 0 atom stereocenters. The van der Waals surface area contributed by atoms with Crippen LogP contribution in [-0.2, 0) is 19.2 Å². The van der Waals surface area contributed by atoms with Gasteiger partial charge in [-0.3, -0.25) is 4.79 Å². The Morgan fingerprint density at radius 2 is 2.08 bits per heavy atom. The van der Waals surface area contributed by atoms with Gasteiger partial charge in [-0.15, -0.1) is 11.3 Å². The van der Waals surface area contributed by atoms with Gasteiger partial charge in [0.05, 0.1) is 4.88 Å². The van der Waals surface area contributed by atoms with Crippen molar-refractivity contribution in [2.45, 2.75) is 38.4 Å². The number of ketones is 1. The normalized spacial score (nSPS) is 38.6. The summed E-state index contributed by atoms with van der Waals surface area (Å²) in [6.07, 6.45) is -6.66. The van der Waals surface area contributed by atoms with Gasteiger partial charge in [-0.1, -0.05) is 0 Å². The zero-order valence-electron chi connectivity index (χ0n) is 12.9. The maximum atomic E-state index is 11.7. The lowest BCUT2D eigenvalue weighted by Crippen LogP contribution is -2.00. The maximum Gasteiger partial charge on any atom is 0.173 e. The molecule has 0 N–H and O–H groups in total. The molecule has 1 nitrogen and oxygen atoms in total. The lowest BCUT2D eigenvalue weighted by Gasteiger charge is -2.11. The van der Waals surface area contributed by atoms with Crippen LogP contribution in [-0.4, -0.2) is 5.78 Å². The van der Waals surface area contributed by atoms with Crippen molar-refractivity contribution in [3.63, 3.8) is 0 Å². The predicted octanol–water partition coefficient (Wildman–Crippen LogP) is 2.76. The van der Waals surface area contributed by atoms with Gasteiger partial charge in [-0.05, 0) is 43.1 Å². The number of carbonyl (C=O) groups is 1. The van der Waals surface area contributed by atoms with E-state index in [4.69, 9.17) is 8.22 Å². The second kappa shape index (κ2) is 2.68. The predicted molar refractivity (Wildman–Crippen MR) is 53.6 cm³/mol. The molecule has 0 spiro atoms. The molecule has 0 radical (unpaired) electrons. The van der Waals surface area contributed by atoms with Crippen molar-refractivity contribution in [2.75, 3.05) is 0 Å². The van der Waals surface area contributed by atoms with Crippen molar-refractivity contribution in [1.82, 2.24) is 0 Å². The van der Waals surface area contributed by atoms with E-state index in [0.29, 0.717) is 28.2 Å². The third kappa shape index (κ3) is 1.01. The molecule has 0 bridgehead atoms. The van der Waals surface area contributed by atoms with Crippen LogP contribution < -0.4 is 0 Å². The van der Waals surface area contributed by atoms with Gasteiger partial charge in [0.1, 0.15) is 0 Å². The lowest BCUT2D eigenvalue weighted by atomic mass is 9.95. The van der Waals surface area contributed by atoms with Crippen LogP contribution in [0.1, 0.15) is 53.1 Å². The van der Waals surface area contributed by atoms with E-state index in [1.807, 2.05) is 0 Å². The fourth-order valence-corrected chi connectivity index (χ4v) is 3.04. The van der Waals surface area contributed by atoms with Crippen molar-refractivity contribution >= 4 is 17.1 Å². The highest BCUT2D eigenvalue weighted by atomic mass is 32.1. The number of hydrogen-bond acceptors (Lipinski definition) is 2. The minimum atomic E-state index is -2.60. The molecule has 68 valence electrons. The van der Waals surface area contributed by atoms with Crippen molar-refractivity contribution < 1.29 is 13.0 Å². The molecule has 3 rings (SSSR count). The minimum Gasteiger partial charge on any atom is -0.293 e. The molecular formula is C11H12OS. The number of Topliss-reactive ketones (excluding diaryl/α,β-unsaturated/α-hetero) is 1. The Morgan fingerprint density at radius 1 is 1.15 bits per heavy atom. The fraction of sp³-hybridized carbons (Fsp3) is 0.545. The standard InChI is InChI=1S/C11H12OS/c12-9-6-5-8-7-3-1-2-4-10(7)13-11(8)9/h1-6H2/i1D2,2D2,3D2. The van der Waals surface area contributed by atoms with Crippen LogP contribution in [0.4, 0.5) is 0 Å². The molecule has 0 fully saturated rings. The number of aryl methyl sites for hydroxylation is 1. The third-order valence-electron chi connectivity index (χ3n) is 2.46. The molecule has 1 heterocycles. The first-order valence-corrected chi connectivity index (χ1v) is 5.09. The first-order chi connectivity index (χ1) is 8.59. The van der Waals surface area contributed by atoms with E-state index >= 15 is 0 Å². The average Bonchev–Trinajstić information content (AvgIpc) is 2.76. The molecule has 0 amide bonds. The Bertz CT molecular complexity index is 588. The van der Waals surface area contributed by atoms with Gasteiger partial charge < -0.3 is 0 Å². The minimum absolute atomic E-state index is 0.0358. The molecule has 0 saturated heterocycles. The second-order valence-electron chi connectivity index (χ2n) is 3.23. The van der Waals surface area contributed by atoms with Crippen LogP contribution in [0.2, 0.25) is 0 Å². The monoisotopic (exact) mass is 198 g/mol. The van der Waals surface area contributed by atoms with Gasteiger partial charge in [-0.25, -0.2) is 0 Å². The first-order valence-electron chi connectivity index (χ1n) is 7.28. The van der Waals surface area contributed by atoms with E-state index in [9.17, 15) is 4.79 Å². The summed E-state index contributed by atoms with van der Waals surface area (Å²) in [6.45, 7) is 0. The van der Waals surface area contributed by atoms with Gasteiger partial charge in [-0.2, -0.15) is 0 Å². The maximum absolute atomic E-state index is 11.7. The molecule has 13 heavy (non-hydrogen) atoms. The molecule has 2 aliphatic rings. The largest absolute Gasteiger partial charge is 0.293 e. The molecule has 0 aliphatic heterocycles. The van der Waals surface area contributed by atoms with Gasteiger partial charge in [0.2, 0.25) is 0 Å². The van der Waals surface area contributed by atoms with Crippen LogP contribution in [0.15, 0.2) is 0 Å². The number of fused-ring (bicyclic) bond motifs is 3. The zero-order chi connectivity index (χ0) is 14.2. The molecule has 1 aromatic heterocycles. The molecule has 0 saturated carbocycles. The number of rotatable bonds is 0. The van der Waals surface area contributed by atoms with Crippen LogP contribution in [0.25, 0.3) is 0 Å². The Kier molecular flexibility index (Phi) is 0.794. The Labute approximate surface area is 90.2 Å². The molecule has 1 aromatic rings. The number of thiophene rings is 1. The summed E-state index contributed by atoms with van der Waals surface area (Å²) in [5, 5.41) is 0. The lowest BCUT2D eigenvalue weighted by molar-refractivity contribution is 0.0998. The Morgan fingerprint density at radius 3 is 3.00 bits per heavy atom. The quantitative estimate of drug-likeness (QED) is 0.626. The summed E-state index contributed by atoms with van der Waals surface area (Å²) in [4.78, 5) is 12.7. The third-order valence-corrected chi connectivity index (χ3v) is 3.73. The number of hydrogen-bond donors (Lipinski definition) is 0. The van der Waals surface area contributed by atoms with E-state index in [0.717, 1.165) is 11.3 Å². The first kappa shape index (κ1) is 3.85. The van der Waals surface area contributed by atoms with E-state index in [1.165, 1.54) is 0 Å². The molecule has 0 aromatic carbocycles. The van der Waals surface area contributed by atoms with E-state index in [1.54, 1.807) is 0 Å². The highest BCUT2D eigenvalue weighted by Gasteiger charge is 2.28. The van der Waals surface area contributed by atoms with Gasteiger partial charge in [0, 0.05) is 19.5 Å². The highest BCUT2D eigenvalue weighted by Crippen LogP contribution is 2.38. The van der Waals surface area contributed by atoms with Crippen molar-refractivity contribution in [3.8, 4) is 0 Å². The molecule has 0 unspecified atom stereocenters. The highest BCUT2D eigenvalue weighted by molar-refractivity contribution is 7.14. The van der Waals surface area contributed by atoms with E-state index < -0.39 is 19.1 Å². The smallest absolute Gasteiger partial charge is 0.173 e. The average molecular weight is 198 g/mol. The topological polar surface area (TPSA) is 17.1 Å². The van der Waals surface area contributed by atoms with Crippen molar-refractivity contribution in [3.05, 3.63) is 20.9 Å². The Balaban J connectivity index is 2.29. The zero-order valence-corrected chi connectivity index (χ0v) is 7.75. The summed E-state index contributed by atoms with van der Waals surface area (Å²) in [6, 6.07) is 0. The second-order valence-corrected chi connectivity index (χ2v) is 4.34. The summed E-state index contributed by atoms with van der Waals surface area (Å²) < 4.78 is 47.4. The summed E-state index contributed by atoms with van der Waals surface area (Å²) in [7, 11) is 0. The van der Waals surface area contributed by atoms with Crippen molar-refractivity contribution in [1.29, 1.82) is 0 Å². The SMILES string of the molecule is [2H]C1([2H])Cc2sc3c(c2C([2H])([2H])C1([2H])[2H])CCC3=O. The van der Waals surface area contributed by atoms with Gasteiger partial charge >= 0.3 is 0 Å². The van der Waals surface area contributed by atoms with Crippen LogP contribution >= 0.6 is 11.3 Å².